The molecule has 0 aromatic carbocycles. The molecule has 0 spiro atoms. The summed E-state index contributed by atoms with van der Waals surface area (Å²) in [6, 6.07) is 0.905. The third kappa shape index (κ3) is 4.57. The Morgan fingerprint density at radius 1 is 1.24 bits per heavy atom. The maximum atomic E-state index is 4.69. The molecule has 0 amide bonds. The van der Waals surface area contributed by atoms with Gasteiger partial charge in [-0.15, -0.1) is 0 Å². The van der Waals surface area contributed by atoms with Crippen molar-refractivity contribution in [1.29, 1.82) is 0 Å². The van der Waals surface area contributed by atoms with Gasteiger partial charge in [-0.05, 0) is 0 Å². The van der Waals surface area contributed by atoms with E-state index in [1.807, 2.05) is 6.08 Å². The maximum absolute atomic E-state index is 4.69. The molecule has 0 aromatic heterocycles. The van der Waals surface area contributed by atoms with Crippen LogP contribution in [0.2, 0.25) is 5.82 Å². The Labute approximate surface area is 116 Å². The van der Waals surface area contributed by atoms with Gasteiger partial charge in [0.1, 0.15) is 0 Å². The molecule has 1 radical (unpaired) electrons. The van der Waals surface area contributed by atoms with Crippen LogP contribution in [0.25, 0.3) is 0 Å². The zero-order chi connectivity index (χ0) is 13.7. The van der Waals surface area contributed by atoms with Crippen molar-refractivity contribution < 1.29 is 0 Å². The van der Waals surface area contributed by atoms with Gasteiger partial charge in [-0.3, -0.25) is 0 Å². The van der Waals surface area contributed by atoms with Gasteiger partial charge in [-0.1, -0.05) is 0 Å². The predicted octanol–water partition coefficient (Wildman–Crippen LogP) is 4.21. The van der Waals surface area contributed by atoms with Crippen molar-refractivity contribution in [2.24, 2.45) is 0 Å². The second kappa shape index (κ2) is 7.35. The van der Waals surface area contributed by atoms with Gasteiger partial charge >= 0.3 is 116 Å². The average Bonchev–Trinajstić information content (AvgIpc) is 2.15. The Kier molecular flexibility index (Phi) is 7.30. The fraction of sp³-hybridized carbons (Fsp3) is 0.571. The SMILES string of the molecule is C=C/C(C)=C(\C(=C)N(C(C)C)C(C)C)[Se](C)S. The van der Waals surface area contributed by atoms with E-state index in [1.165, 1.54) is 10.0 Å². The Hall–Kier alpha value is -0.111. The molecule has 0 saturated carbocycles. The first-order valence-electron chi connectivity index (χ1n) is 5.89. The van der Waals surface area contributed by atoms with Gasteiger partial charge < -0.3 is 0 Å². The molecule has 0 aliphatic heterocycles. The number of hydrogen-bond donors (Lipinski definition) is 1. The van der Waals surface area contributed by atoms with Crippen LogP contribution in [0.5, 0.6) is 0 Å². The zero-order valence-corrected chi connectivity index (χ0v) is 14.6. The normalized spacial score (nSPS) is 13.1. The van der Waals surface area contributed by atoms with E-state index in [1.54, 1.807) is 0 Å². The molecule has 0 fully saturated rings. The molecule has 0 atom stereocenters. The minimum atomic E-state index is -1.06. The summed E-state index contributed by atoms with van der Waals surface area (Å²) in [4.78, 5) is 2.36. The van der Waals surface area contributed by atoms with Gasteiger partial charge in [0.05, 0.1) is 0 Å². The van der Waals surface area contributed by atoms with Gasteiger partial charge in [0.2, 0.25) is 0 Å². The van der Waals surface area contributed by atoms with Crippen molar-refractivity contribution in [3.05, 3.63) is 35.0 Å². The number of hydrogen-bond acceptors (Lipinski definition) is 2. The summed E-state index contributed by atoms with van der Waals surface area (Å²) in [6.45, 7) is 19.1. The second-order valence-electron chi connectivity index (χ2n) is 4.74. The number of rotatable bonds is 6. The summed E-state index contributed by atoms with van der Waals surface area (Å²) in [5.74, 6) is 2.20. The van der Waals surface area contributed by atoms with Crippen molar-refractivity contribution in [1.82, 2.24) is 4.90 Å². The zero-order valence-electron chi connectivity index (χ0n) is 11.9. The molecule has 0 bridgehead atoms. The second-order valence-corrected chi connectivity index (χ2v) is 10.4. The Bertz CT molecular complexity index is 308. The Morgan fingerprint density at radius 3 is 1.88 bits per heavy atom. The third-order valence-electron chi connectivity index (χ3n) is 2.65. The Morgan fingerprint density at radius 2 is 1.65 bits per heavy atom. The van der Waals surface area contributed by atoms with Crippen LogP contribution in [0.3, 0.4) is 0 Å². The molecule has 0 heterocycles. The van der Waals surface area contributed by atoms with E-state index in [4.69, 9.17) is 0 Å². The van der Waals surface area contributed by atoms with E-state index >= 15 is 0 Å². The van der Waals surface area contributed by atoms with Crippen LogP contribution in [0.4, 0.5) is 0 Å². The fourth-order valence-corrected chi connectivity index (χ4v) is 5.45. The minimum absolute atomic E-state index is 0.453. The third-order valence-corrected chi connectivity index (χ3v) is 6.00. The Balaban J connectivity index is 5.43. The summed E-state index contributed by atoms with van der Waals surface area (Å²) in [7, 11) is 0. The van der Waals surface area contributed by atoms with E-state index < -0.39 is 12.8 Å². The first kappa shape index (κ1) is 16.9. The van der Waals surface area contributed by atoms with Crippen molar-refractivity contribution in [3.63, 3.8) is 0 Å². The van der Waals surface area contributed by atoms with Gasteiger partial charge in [0.15, 0.2) is 0 Å². The fourth-order valence-electron chi connectivity index (χ4n) is 2.06. The van der Waals surface area contributed by atoms with Gasteiger partial charge in [0.25, 0.3) is 0 Å². The summed E-state index contributed by atoms with van der Waals surface area (Å²) in [5, 5.41) is 0. The standard InChI is InChI=1S/C14H26NSSe/c1-9-12(6)14(17(8)16)13(7)15(10(2)3)11(4)5/h9-11,16H,1,7H2,2-6,8H3/b14-12+. The molecule has 0 aliphatic carbocycles. The van der Waals surface area contributed by atoms with Crippen molar-refractivity contribution in [2.45, 2.75) is 52.5 Å². The van der Waals surface area contributed by atoms with E-state index in [0.717, 1.165) is 5.70 Å². The quantitative estimate of drug-likeness (QED) is 0.436. The molecule has 17 heavy (non-hydrogen) atoms. The summed E-state index contributed by atoms with van der Waals surface area (Å²) < 4.78 is 1.31. The van der Waals surface area contributed by atoms with Crippen LogP contribution >= 0.6 is 11.0 Å². The van der Waals surface area contributed by atoms with Crippen LogP contribution in [-0.2, 0) is 0 Å². The van der Waals surface area contributed by atoms with Crippen molar-refractivity contribution in [2.75, 3.05) is 0 Å². The van der Waals surface area contributed by atoms with Crippen LogP contribution < -0.4 is 0 Å². The monoisotopic (exact) mass is 320 g/mol. The summed E-state index contributed by atoms with van der Waals surface area (Å²) >= 11 is 3.63. The number of nitrogens with zero attached hydrogens (tertiary/aromatic N) is 1. The molecule has 0 unspecified atom stereocenters. The predicted molar refractivity (Wildman–Crippen MR) is 84.8 cm³/mol. The first-order valence-corrected chi connectivity index (χ1v) is 11.1. The molecule has 0 N–H and O–H groups in total. The van der Waals surface area contributed by atoms with E-state index in [0.29, 0.717) is 12.1 Å². The molecule has 0 aromatic rings. The molecule has 0 saturated heterocycles. The van der Waals surface area contributed by atoms with Gasteiger partial charge in [0, 0.05) is 0 Å². The van der Waals surface area contributed by atoms with Gasteiger partial charge in [-0.25, -0.2) is 0 Å². The van der Waals surface area contributed by atoms with E-state index in [9.17, 15) is 0 Å². The van der Waals surface area contributed by atoms with Crippen LogP contribution in [0, 0.1) is 0 Å². The van der Waals surface area contributed by atoms with Crippen molar-refractivity contribution >= 4 is 23.8 Å². The van der Waals surface area contributed by atoms with Crippen LogP contribution in [-0.4, -0.2) is 29.8 Å². The number of thiol groups is 1. The first-order chi connectivity index (χ1) is 7.73. The van der Waals surface area contributed by atoms with E-state index in [-0.39, 0.29) is 0 Å². The number of allylic oxidation sites excluding steroid dienone is 3. The molecule has 3 heteroatoms. The van der Waals surface area contributed by atoms with E-state index in [2.05, 4.69) is 69.5 Å². The molecule has 1 nitrogen and oxygen atoms in total. The topological polar surface area (TPSA) is 3.24 Å². The van der Waals surface area contributed by atoms with Crippen LogP contribution in [0.15, 0.2) is 35.0 Å². The summed E-state index contributed by atoms with van der Waals surface area (Å²) in [5.41, 5.74) is 2.33. The molecule has 0 rings (SSSR count). The molecule has 0 aliphatic rings. The molecular weight excluding hydrogens is 293 g/mol. The molecule has 99 valence electrons. The summed E-state index contributed by atoms with van der Waals surface area (Å²) in [6.07, 6.45) is 1.91. The molecular formula is C14H26NSSe. The van der Waals surface area contributed by atoms with Crippen molar-refractivity contribution in [3.8, 4) is 0 Å². The van der Waals surface area contributed by atoms with Gasteiger partial charge in [-0.2, -0.15) is 0 Å². The van der Waals surface area contributed by atoms with Crippen LogP contribution in [0.1, 0.15) is 34.6 Å². The average molecular weight is 319 g/mol.